The first-order chi connectivity index (χ1) is 12.8. The molecule has 0 radical (unpaired) electrons. The number of carbonyl (C=O) groups excluding carboxylic acids is 1. The molecule has 1 aromatic heterocycles. The minimum Gasteiger partial charge on any atom is -0.366 e. The second-order valence-electron chi connectivity index (χ2n) is 7.33. The quantitative estimate of drug-likeness (QED) is 0.686. The summed E-state index contributed by atoms with van der Waals surface area (Å²) in [5.74, 6) is -0.228. The molecule has 0 saturated heterocycles. The number of carbonyl (C=O) groups is 1. The van der Waals surface area contributed by atoms with Crippen molar-refractivity contribution in [2.45, 2.75) is 33.9 Å². The first kappa shape index (κ1) is 21.7. The molecular formula is C22H26ClN3O2. The van der Waals surface area contributed by atoms with E-state index < -0.39 is 5.91 Å². The molecule has 6 heteroatoms. The molecule has 5 nitrogen and oxygen atoms in total. The highest BCUT2D eigenvalue weighted by Gasteiger charge is 2.19. The zero-order valence-electron chi connectivity index (χ0n) is 16.4. The van der Waals surface area contributed by atoms with Gasteiger partial charge in [0.2, 0.25) is 5.91 Å². The number of pyridine rings is 1. The number of halogens is 1. The topological polar surface area (TPSA) is 91.1 Å². The van der Waals surface area contributed by atoms with Crippen molar-refractivity contribution in [3.63, 3.8) is 0 Å². The summed E-state index contributed by atoms with van der Waals surface area (Å²) in [5, 5.41) is 1.27. The molecule has 1 amide bonds. The molecule has 0 aliphatic rings. The molecule has 0 aliphatic heterocycles. The van der Waals surface area contributed by atoms with Crippen LogP contribution in [0.4, 0.5) is 0 Å². The van der Waals surface area contributed by atoms with E-state index in [1.807, 2.05) is 31.2 Å². The fourth-order valence-corrected chi connectivity index (χ4v) is 3.46. The summed E-state index contributed by atoms with van der Waals surface area (Å²) in [6, 6.07) is 13.1. The van der Waals surface area contributed by atoms with Crippen molar-refractivity contribution >= 4 is 29.1 Å². The maximum absolute atomic E-state index is 13.2. The number of hydrogen-bond acceptors (Lipinski definition) is 3. The van der Waals surface area contributed by atoms with E-state index in [-0.39, 0.29) is 24.5 Å². The average Bonchev–Trinajstić information content (AvgIpc) is 2.63. The van der Waals surface area contributed by atoms with Crippen molar-refractivity contribution in [1.29, 1.82) is 0 Å². The summed E-state index contributed by atoms with van der Waals surface area (Å²) in [6.45, 7) is 6.97. The van der Waals surface area contributed by atoms with E-state index in [0.29, 0.717) is 28.8 Å². The Kier molecular flexibility index (Phi) is 6.65. The van der Waals surface area contributed by atoms with Crippen LogP contribution >= 0.6 is 12.4 Å². The van der Waals surface area contributed by atoms with E-state index in [4.69, 9.17) is 11.5 Å². The Balaban J connectivity index is 0.00000280. The molecule has 1 heterocycles. The van der Waals surface area contributed by atoms with Gasteiger partial charge in [-0.05, 0) is 42.0 Å². The third-order valence-corrected chi connectivity index (χ3v) is 4.74. The van der Waals surface area contributed by atoms with Crippen molar-refractivity contribution in [2.75, 3.05) is 0 Å². The Bertz CT molecular complexity index is 1070. The van der Waals surface area contributed by atoms with Crippen LogP contribution in [0.1, 0.15) is 35.5 Å². The van der Waals surface area contributed by atoms with Crippen LogP contribution in [0, 0.1) is 12.8 Å². The number of hydrogen-bond donors (Lipinski definition) is 2. The molecule has 0 spiro atoms. The minimum absolute atomic E-state index is 0. The van der Waals surface area contributed by atoms with Crippen molar-refractivity contribution in [2.24, 2.45) is 17.4 Å². The van der Waals surface area contributed by atoms with Crippen molar-refractivity contribution in [3.05, 3.63) is 69.6 Å². The summed E-state index contributed by atoms with van der Waals surface area (Å²) in [6.07, 6.45) is 0. The van der Waals surface area contributed by atoms with Gasteiger partial charge in [-0.3, -0.25) is 9.59 Å². The highest BCUT2D eigenvalue weighted by molar-refractivity contribution is 6.03. The average molecular weight is 400 g/mol. The Morgan fingerprint density at radius 1 is 1.07 bits per heavy atom. The second kappa shape index (κ2) is 8.59. The number of nitrogens with zero attached hydrogens (tertiary/aromatic N) is 1. The van der Waals surface area contributed by atoms with Crippen molar-refractivity contribution in [1.82, 2.24) is 4.57 Å². The Morgan fingerprint density at radius 3 is 2.25 bits per heavy atom. The maximum Gasteiger partial charge on any atom is 0.258 e. The van der Waals surface area contributed by atoms with Gasteiger partial charge in [0.25, 0.3) is 5.56 Å². The predicted molar refractivity (Wildman–Crippen MR) is 117 cm³/mol. The van der Waals surface area contributed by atoms with Crippen LogP contribution < -0.4 is 17.0 Å². The van der Waals surface area contributed by atoms with E-state index >= 15 is 0 Å². The molecule has 3 aromatic rings. The third-order valence-electron chi connectivity index (χ3n) is 4.74. The number of fused-ring (bicyclic) bond motifs is 1. The highest BCUT2D eigenvalue weighted by Crippen LogP contribution is 2.32. The fourth-order valence-electron chi connectivity index (χ4n) is 3.46. The van der Waals surface area contributed by atoms with Gasteiger partial charge in [-0.25, -0.2) is 0 Å². The minimum atomic E-state index is -0.521. The first-order valence-corrected chi connectivity index (χ1v) is 9.09. The van der Waals surface area contributed by atoms with Crippen LogP contribution in [0.15, 0.2) is 47.3 Å². The number of nitrogens with two attached hydrogens (primary N) is 2. The van der Waals surface area contributed by atoms with Crippen LogP contribution in [-0.2, 0) is 13.1 Å². The maximum atomic E-state index is 13.2. The Labute approximate surface area is 170 Å². The molecule has 3 rings (SSSR count). The zero-order chi connectivity index (χ0) is 19.7. The molecule has 0 atom stereocenters. The predicted octanol–water partition coefficient (Wildman–Crippen LogP) is 3.61. The molecule has 0 bridgehead atoms. The van der Waals surface area contributed by atoms with Crippen LogP contribution in [0.2, 0.25) is 0 Å². The monoisotopic (exact) mass is 399 g/mol. The van der Waals surface area contributed by atoms with E-state index in [1.54, 1.807) is 22.8 Å². The molecule has 148 valence electrons. The van der Waals surface area contributed by atoms with E-state index in [2.05, 4.69) is 13.8 Å². The van der Waals surface area contributed by atoms with Crippen LogP contribution in [0.25, 0.3) is 21.9 Å². The summed E-state index contributed by atoms with van der Waals surface area (Å²) >= 11 is 0. The summed E-state index contributed by atoms with van der Waals surface area (Å²) in [4.78, 5) is 24.9. The van der Waals surface area contributed by atoms with Gasteiger partial charge in [-0.15, -0.1) is 12.4 Å². The standard InChI is InChI=1S/C22H25N3O2.ClH/c1-13(2)12-25-19(11-23)20(15-6-4-14(3)5-7-15)18-10-16(21(24)26)8-9-17(18)22(25)27;/h4-10,13H,11-12,23H2,1-3H3,(H2,24,26);1H. The van der Waals surface area contributed by atoms with Gasteiger partial charge in [0.1, 0.15) is 0 Å². The van der Waals surface area contributed by atoms with Crippen molar-refractivity contribution < 1.29 is 4.79 Å². The number of amides is 1. The highest BCUT2D eigenvalue weighted by atomic mass is 35.5. The second-order valence-corrected chi connectivity index (χ2v) is 7.33. The van der Waals surface area contributed by atoms with Gasteiger partial charge >= 0.3 is 0 Å². The van der Waals surface area contributed by atoms with Crippen LogP contribution in [-0.4, -0.2) is 10.5 Å². The smallest absolute Gasteiger partial charge is 0.258 e. The largest absolute Gasteiger partial charge is 0.366 e. The van der Waals surface area contributed by atoms with Gasteiger partial charge in [-0.1, -0.05) is 43.7 Å². The fraction of sp³-hybridized carbons (Fsp3) is 0.273. The molecule has 28 heavy (non-hydrogen) atoms. The van der Waals surface area contributed by atoms with Gasteiger partial charge in [-0.2, -0.15) is 0 Å². The lowest BCUT2D eigenvalue weighted by atomic mass is 9.94. The van der Waals surface area contributed by atoms with Crippen molar-refractivity contribution in [3.8, 4) is 11.1 Å². The Morgan fingerprint density at radius 2 is 1.71 bits per heavy atom. The summed E-state index contributed by atoms with van der Waals surface area (Å²) < 4.78 is 1.77. The van der Waals surface area contributed by atoms with Gasteiger partial charge in [0, 0.05) is 35.3 Å². The molecule has 0 unspecified atom stereocenters. The van der Waals surface area contributed by atoms with Crippen LogP contribution in [0.3, 0.4) is 0 Å². The number of benzene rings is 2. The number of primary amides is 1. The van der Waals surface area contributed by atoms with Gasteiger partial charge < -0.3 is 16.0 Å². The number of aromatic nitrogens is 1. The normalized spacial score (nSPS) is 10.9. The third kappa shape index (κ3) is 3.96. The van der Waals surface area contributed by atoms with Crippen LogP contribution in [0.5, 0.6) is 0 Å². The first-order valence-electron chi connectivity index (χ1n) is 9.09. The zero-order valence-corrected chi connectivity index (χ0v) is 17.2. The lowest BCUT2D eigenvalue weighted by Crippen LogP contribution is -2.28. The number of rotatable bonds is 5. The van der Waals surface area contributed by atoms with E-state index in [1.165, 1.54) is 0 Å². The number of aryl methyl sites for hydroxylation is 1. The lowest BCUT2D eigenvalue weighted by Gasteiger charge is -2.21. The molecule has 0 saturated carbocycles. The Hall–Kier alpha value is -2.63. The SMILES string of the molecule is Cc1ccc(-c2c(CN)n(CC(C)C)c(=O)c3ccc(C(N)=O)cc23)cc1.Cl. The molecule has 4 N–H and O–H groups in total. The van der Waals surface area contributed by atoms with Gasteiger partial charge in [0.15, 0.2) is 0 Å². The molecular weight excluding hydrogens is 374 g/mol. The summed E-state index contributed by atoms with van der Waals surface area (Å²) in [5.41, 5.74) is 15.6. The molecule has 0 aliphatic carbocycles. The van der Waals surface area contributed by atoms with Gasteiger partial charge in [0.05, 0.1) is 0 Å². The summed E-state index contributed by atoms with van der Waals surface area (Å²) in [7, 11) is 0. The molecule has 2 aromatic carbocycles. The lowest BCUT2D eigenvalue weighted by molar-refractivity contribution is 0.100. The van der Waals surface area contributed by atoms with E-state index in [0.717, 1.165) is 22.4 Å². The molecule has 0 fully saturated rings. The van der Waals surface area contributed by atoms with E-state index in [9.17, 15) is 9.59 Å².